The highest BCUT2D eigenvalue weighted by molar-refractivity contribution is 7.47. The molecule has 18 heteroatoms. The highest BCUT2D eigenvalue weighted by Gasteiger charge is 2.29. The van der Waals surface area contributed by atoms with Crippen LogP contribution in [-0.2, 0) is 55.8 Å². The fraction of sp³-hybridized carbons (Fsp3) is 0.699. The second-order valence-electron chi connectivity index (χ2n) is 26.1. The standard InChI is InChI=1S/C83H142O16P2/c1-4-7-10-13-16-19-22-24-26-28-30-32-34-36-38-40-42-44-46-48-50-52-55-57-60-63-66-69-81(86)93-72-78(84)73-95-100(89,90)96-74-79(85)75-97-101(91,92)98-77-80(99-83(88)71-68-65-62-59-54-21-18-15-12-9-6-3)76-94-82(87)70-67-64-61-58-56-53-51-49-47-45-43-41-39-37-35-33-31-29-27-25-23-20-17-14-11-8-5-2/h7,10,15-20,24-27,30-33,36-39,42,44,78-80,84-85H,4-6,8-9,11-14,21-23,28-29,34-35,40-41,43,45-77H2,1-3H3,(H,89,90)(H,91,92)/b10-7-,18-15-,19-16-,20-17-,26-24-,27-25-,32-30-,33-31-,38-36-,39-37-,44-42-. The minimum Gasteiger partial charge on any atom is -0.463 e. The molecule has 0 fully saturated rings. The van der Waals surface area contributed by atoms with Crippen LogP contribution in [0.1, 0.15) is 316 Å². The number of ether oxygens (including phenoxy) is 3. The molecule has 0 rings (SSSR count). The molecule has 0 aliphatic rings. The van der Waals surface area contributed by atoms with Crippen molar-refractivity contribution in [3.05, 3.63) is 134 Å². The molecular weight excluding hydrogens is 1310 g/mol. The maximum Gasteiger partial charge on any atom is 0.472 e. The number of unbranched alkanes of at least 4 members (excludes halogenated alkanes) is 29. The molecule has 0 saturated heterocycles. The third-order valence-electron chi connectivity index (χ3n) is 16.3. The van der Waals surface area contributed by atoms with Gasteiger partial charge in [-0.3, -0.25) is 32.5 Å². The number of phosphoric ester groups is 2. The number of allylic oxidation sites excluding steroid dienone is 22. The quantitative estimate of drug-likeness (QED) is 0.0146. The Kier molecular flexibility index (Phi) is 72.2. The smallest absolute Gasteiger partial charge is 0.463 e. The molecule has 4 N–H and O–H groups in total. The van der Waals surface area contributed by atoms with E-state index in [4.69, 9.17) is 32.3 Å². The van der Waals surface area contributed by atoms with Gasteiger partial charge in [0.05, 0.1) is 26.4 Å². The Bertz CT molecular complexity index is 2370. The second-order valence-corrected chi connectivity index (χ2v) is 29.0. The van der Waals surface area contributed by atoms with E-state index in [0.717, 1.165) is 161 Å². The van der Waals surface area contributed by atoms with E-state index in [2.05, 4.69) is 154 Å². The van der Waals surface area contributed by atoms with E-state index in [1.807, 2.05) is 0 Å². The van der Waals surface area contributed by atoms with Crippen LogP contribution in [0.4, 0.5) is 0 Å². The van der Waals surface area contributed by atoms with E-state index in [-0.39, 0.29) is 19.3 Å². The van der Waals surface area contributed by atoms with Crippen molar-refractivity contribution in [3.8, 4) is 0 Å². The minimum absolute atomic E-state index is 0.0916. The van der Waals surface area contributed by atoms with Crippen LogP contribution >= 0.6 is 15.6 Å². The molecule has 0 aliphatic carbocycles. The number of hydrogen-bond donors (Lipinski definition) is 4. The van der Waals surface area contributed by atoms with Gasteiger partial charge < -0.3 is 34.2 Å². The van der Waals surface area contributed by atoms with E-state index >= 15 is 0 Å². The number of esters is 3. The fourth-order valence-electron chi connectivity index (χ4n) is 10.3. The monoisotopic (exact) mass is 1460 g/mol. The maximum atomic E-state index is 12.9. The third kappa shape index (κ3) is 76.6. The van der Waals surface area contributed by atoms with Crippen molar-refractivity contribution in [3.63, 3.8) is 0 Å². The zero-order valence-electron chi connectivity index (χ0n) is 63.3. The summed E-state index contributed by atoms with van der Waals surface area (Å²) in [5.41, 5.74) is 0. The number of aliphatic hydroxyl groups excluding tert-OH is 2. The van der Waals surface area contributed by atoms with Gasteiger partial charge in [-0.2, -0.15) is 0 Å². The molecule has 16 nitrogen and oxygen atoms in total. The first-order valence-corrected chi connectivity index (χ1v) is 42.5. The van der Waals surface area contributed by atoms with Gasteiger partial charge in [-0.1, -0.05) is 296 Å². The summed E-state index contributed by atoms with van der Waals surface area (Å²) in [6.45, 7) is 2.48. The number of carbonyl (C=O) groups excluding carboxylic acids is 3. The summed E-state index contributed by atoms with van der Waals surface area (Å²) < 4.78 is 61.1. The molecular formula is C83H142O16P2. The zero-order valence-corrected chi connectivity index (χ0v) is 65.1. The molecule has 0 aromatic rings. The summed E-state index contributed by atoms with van der Waals surface area (Å²) in [4.78, 5) is 58.6. The molecule has 0 bridgehead atoms. The number of carbonyl (C=O) groups is 3. The number of rotatable bonds is 74. The van der Waals surface area contributed by atoms with Crippen LogP contribution in [0.15, 0.2) is 134 Å². The summed E-state index contributed by atoms with van der Waals surface area (Å²) in [6.07, 6.45) is 90.8. The number of aliphatic hydroxyl groups is 2. The molecule has 0 aliphatic heterocycles. The summed E-state index contributed by atoms with van der Waals surface area (Å²) in [5.74, 6) is -1.59. The largest absolute Gasteiger partial charge is 0.472 e. The Balaban J connectivity index is 4.49. The lowest BCUT2D eigenvalue weighted by Crippen LogP contribution is -2.30. The molecule has 0 aromatic heterocycles. The van der Waals surface area contributed by atoms with E-state index in [1.54, 1.807) is 0 Å². The summed E-state index contributed by atoms with van der Waals surface area (Å²) in [7, 11) is -9.79. The molecule has 0 saturated carbocycles. The van der Waals surface area contributed by atoms with Gasteiger partial charge in [0.15, 0.2) is 6.10 Å². The van der Waals surface area contributed by atoms with Crippen molar-refractivity contribution in [1.82, 2.24) is 0 Å². The Morgan fingerprint density at radius 1 is 0.287 bits per heavy atom. The number of hydrogen-bond acceptors (Lipinski definition) is 14. The van der Waals surface area contributed by atoms with Crippen LogP contribution < -0.4 is 0 Å². The Morgan fingerprint density at radius 3 is 0.871 bits per heavy atom. The van der Waals surface area contributed by atoms with Crippen LogP contribution in [0.2, 0.25) is 0 Å². The van der Waals surface area contributed by atoms with E-state index < -0.39 is 91.5 Å². The third-order valence-corrected chi connectivity index (χ3v) is 18.2. The van der Waals surface area contributed by atoms with Gasteiger partial charge in [-0.25, -0.2) is 9.13 Å². The first-order chi connectivity index (χ1) is 49.2. The van der Waals surface area contributed by atoms with Crippen LogP contribution in [0.25, 0.3) is 0 Å². The van der Waals surface area contributed by atoms with Crippen LogP contribution in [0, 0.1) is 0 Å². The second kappa shape index (κ2) is 75.4. The van der Waals surface area contributed by atoms with Gasteiger partial charge in [-0.15, -0.1) is 0 Å². The molecule has 0 radical (unpaired) electrons. The van der Waals surface area contributed by atoms with Gasteiger partial charge in [0.2, 0.25) is 0 Å². The topological polar surface area (TPSA) is 231 Å². The predicted octanol–water partition coefficient (Wildman–Crippen LogP) is 23.1. The van der Waals surface area contributed by atoms with Crippen molar-refractivity contribution in [2.24, 2.45) is 0 Å². The molecule has 5 unspecified atom stereocenters. The summed E-state index contributed by atoms with van der Waals surface area (Å²) >= 11 is 0. The van der Waals surface area contributed by atoms with Crippen LogP contribution in [0.5, 0.6) is 0 Å². The molecule has 101 heavy (non-hydrogen) atoms. The van der Waals surface area contributed by atoms with Gasteiger partial charge >= 0.3 is 33.6 Å². The normalized spacial score (nSPS) is 14.7. The van der Waals surface area contributed by atoms with Crippen molar-refractivity contribution in [2.45, 2.75) is 334 Å². The van der Waals surface area contributed by atoms with Gasteiger partial charge in [0, 0.05) is 19.3 Å². The molecule has 5 atom stereocenters. The van der Waals surface area contributed by atoms with Gasteiger partial charge in [0.25, 0.3) is 0 Å². The summed E-state index contributed by atoms with van der Waals surface area (Å²) in [6, 6.07) is 0. The SMILES string of the molecule is CC/C=C\C/C=C\C/C=C\C/C=C\C/C=C\C/C=C\CCCCCCCCCCC(=O)OCC(O)COP(=O)(O)OCC(O)COP(=O)(O)OCC(COC(=O)CCCCCCCCCCCCC/C=C\C/C=C\C/C=C\C/C=C\CCCCC)OC(=O)CCCCCCC/C=C\CCCC. The van der Waals surface area contributed by atoms with Gasteiger partial charge in [-0.05, 0) is 135 Å². The number of phosphoric acid groups is 2. The highest BCUT2D eigenvalue weighted by atomic mass is 31.2. The first kappa shape index (κ1) is 96.7. The van der Waals surface area contributed by atoms with E-state index in [1.165, 1.54) is 96.3 Å². The average Bonchev–Trinajstić information content (AvgIpc) is 0.947. The Labute approximate surface area is 614 Å². The Morgan fingerprint density at radius 2 is 0.535 bits per heavy atom. The first-order valence-electron chi connectivity index (χ1n) is 39.5. The average molecular weight is 1460 g/mol. The van der Waals surface area contributed by atoms with Crippen LogP contribution in [0.3, 0.4) is 0 Å². The fourth-order valence-corrected chi connectivity index (χ4v) is 11.9. The van der Waals surface area contributed by atoms with Crippen molar-refractivity contribution < 1.29 is 75.8 Å². The van der Waals surface area contributed by atoms with Gasteiger partial charge in [0.1, 0.15) is 25.4 Å². The Hall–Kier alpha value is -4.31. The highest BCUT2D eigenvalue weighted by Crippen LogP contribution is 2.45. The van der Waals surface area contributed by atoms with E-state index in [9.17, 15) is 43.5 Å². The summed E-state index contributed by atoms with van der Waals surface area (Å²) in [5, 5.41) is 20.6. The lowest BCUT2D eigenvalue weighted by atomic mass is 10.0. The maximum absolute atomic E-state index is 12.9. The molecule has 580 valence electrons. The molecule has 0 amide bonds. The lowest BCUT2D eigenvalue weighted by Gasteiger charge is -2.21. The minimum atomic E-state index is -4.93. The zero-order chi connectivity index (χ0) is 73.7. The lowest BCUT2D eigenvalue weighted by molar-refractivity contribution is -0.161. The van der Waals surface area contributed by atoms with Crippen molar-refractivity contribution >= 4 is 33.6 Å². The predicted molar refractivity (Wildman–Crippen MR) is 417 cm³/mol. The van der Waals surface area contributed by atoms with Crippen molar-refractivity contribution in [1.29, 1.82) is 0 Å². The van der Waals surface area contributed by atoms with Crippen molar-refractivity contribution in [2.75, 3.05) is 39.6 Å². The molecule has 0 aromatic carbocycles. The molecule has 0 heterocycles. The van der Waals surface area contributed by atoms with Crippen LogP contribution in [-0.4, -0.2) is 95.9 Å². The van der Waals surface area contributed by atoms with E-state index in [0.29, 0.717) is 19.3 Å². The molecule has 0 spiro atoms.